The Kier molecular flexibility index (Phi) is 6.52. The highest BCUT2D eigenvalue weighted by Gasteiger charge is 2.44. The number of carbonyl (C=O) groups excluding carboxylic acids is 2. The van der Waals surface area contributed by atoms with Crippen molar-refractivity contribution in [2.45, 2.75) is 25.9 Å². The maximum absolute atomic E-state index is 12.5. The first-order chi connectivity index (χ1) is 18.3. The van der Waals surface area contributed by atoms with Crippen molar-refractivity contribution < 1.29 is 14.3 Å². The summed E-state index contributed by atoms with van der Waals surface area (Å²) in [5.41, 5.74) is 9.28. The number of ether oxygens (including phenoxy) is 1. The Labute approximate surface area is 218 Å². The first-order valence-corrected chi connectivity index (χ1v) is 12.2. The molecule has 38 heavy (non-hydrogen) atoms. The van der Waals surface area contributed by atoms with Crippen molar-refractivity contribution in [3.05, 3.63) is 66.0 Å². The molecule has 1 aliphatic heterocycles. The van der Waals surface area contributed by atoms with E-state index in [1.165, 1.54) is 10.9 Å². The summed E-state index contributed by atoms with van der Waals surface area (Å²) in [6.07, 6.45) is 8.21. The van der Waals surface area contributed by atoms with Gasteiger partial charge in [0.1, 0.15) is 12.6 Å². The molecule has 1 fully saturated rings. The number of nitriles is 1. The Balaban J connectivity index is 1.57. The molecule has 4 aromatic heterocycles. The van der Waals surface area contributed by atoms with Crippen LogP contribution in [0.2, 0.25) is 0 Å². The van der Waals surface area contributed by atoms with Gasteiger partial charge >= 0.3 is 5.97 Å². The zero-order valence-corrected chi connectivity index (χ0v) is 21.0. The highest BCUT2D eigenvalue weighted by Crippen LogP contribution is 2.38. The third-order valence-electron chi connectivity index (χ3n) is 6.86. The number of amides is 1. The zero-order valence-electron chi connectivity index (χ0n) is 21.0. The van der Waals surface area contributed by atoms with Crippen molar-refractivity contribution in [3.8, 4) is 17.2 Å². The number of nitrogens with one attached hydrogen (secondary N) is 2. The molecule has 0 radical (unpaired) electrons. The average molecular weight is 514 g/mol. The zero-order chi connectivity index (χ0) is 26.9. The number of hydrogen-bond acceptors (Lipinski definition) is 9. The van der Waals surface area contributed by atoms with Crippen LogP contribution in [-0.4, -0.2) is 56.0 Å². The molecule has 1 aliphatic rings. The fourth-order valence-electron chi connectivity index (χ4n) is 4.83. The van der Waals surface area contributed by atoms with Gasteiger partial charge in [0.05, 0.1) is 52.6 Å². The molecule has 0 aliphatic carbocycles. The van der Waals surface area contributed by atoms with Crippen LogP contribution in [0, 0.1) is 17.2 Å². The molecular formula is C26H27N9O3. The third kappa shape index (κ3) is 4.44. The number of anilines is 1. The fraction of sp³-hybridized carbons (Fsp3) is 0.308. The van der Waals surface area contributed by atoms with Crippen LogP contribution >= 0.6 is 0 Å². The summed E-state index contributed by atoms with van der Waals surface area (Å²) in [4.78, 5) is 28.9. The molecule has 1 saturated heterocycles. The number of carbonyl (C=O) groups is 2. The fourth-order valence-corrected chi connectivity index (χ4v) is 4.83. The lowest BCUT2D eigenvalue weighted by Crippen LogP contribution is -2.43. The van der Waals surface area contributed by atoms with Gasteiger partial charge in [0.2, 0.25) is 0 Å². The first-order valence-electron chi connectivity index (χ1n) is 12.2. The van der Waals surface area contributed by atoms with E-state index >= 15 is 0 Å². The van der Waals surface area contributed by atoms with Gasteiger partial charge in [0.15, 0.2) is 0 Å². The Bertz CT molecular complexity index is 1550. The van der Waals surface area contributed by atoms with Gasteiger partial charge < -0.3 is 21.1 Å². The second-order valence-corrected chi connectivity index (χ2v) is 9.26. The summed E-state index contributed by atoms with van der Waals surface area (Å²) in [6.45, 7) is 5.43. The number of fused-ring (bicyclic) bond motifs is 1. The lowest BCUT2D eigenvalue weighted by atomic mass is 9.84. The van der Waals surface area contributed by atoms with Gasteiger partial charge in [-0.1, -0.05) is 6.92 Å². The van der Waals surface area contributed by atoms with E-state index < -0.39 is 11.4 Å². The monoisotopic (exact) mass is 513 g/mol. The Morgan fingerprint density at radius 2 is 2.11 bits per heavy atom. The Hall–Kier alpha value is -4.76. The van der Waals surface area contributed by atoms with Gasteiger partial charge in [-0.05, 0) is 31.0 Å². The Morgan fingerprint density at radius 3 is 2.76 bits per heavy atom. The first kappa shape index (κ1) is 24.9. The van der Waals surface area contributed by atoms with Gasteiger partial charge in [0.25, 0.3) is 5.91 Å². The number of primary amides is 1. The normalized spacial score (nSPS) is 18.8. The number of pyridine rings is 1. The van der Waals surface area contributed by atoms with E-state index in [-0.39, 0.29) is 24.0 Å². The number of rotatable bonds is 8. The van der Waals surface area contributed by atoms with Crippen molar-refractivity contribution in [2.75, 3.05) is 25.0 Å². The van der Waals surface area contributed by atoms with Crippen LogP contribution in [0.5, 0.6) is 0 Å². The number of hydrogen-bond donors (Lipinski definition) is 3. The summed E-state index contributed by atoms with van der Waals surface area (Å²) in [6, 6.07) is 7.55. The minimum atomic E-state index is -0.672. The molecule has 0 spiro atoms. The lowest BCUT2D eigenvalue weighted by molar-refractivity contribution is -0.144. The molecule has 4 aromatic rings. The molecule has 0 unspecified atom stereocenters. The summed E-state index contributed by atoms with van der Waals surface area (Å²) in [7, 11) is 0. The third-order valence-corrected chi connectivity index (χ3v) is 6.86. The van der Waals surface area contributed by atoms with Crippen LogP contribution in [0.25, 0.3) is 16.6 Å². The van der Waals surface area contributed by atoms with E-state index in [2.05, 4.69) is 38.8 Å². The topological polar surface area (TPSA) is 165 Å². The molecule has 12 nitrogen and oxygen atoms in total. The van der Waals surface area contributed by atoms with Crippen molar-refractivity contribution in [1.29, 1.82) is 5.26 Å². The van der Waals surface area contributed by atoms with E-state index in [0.29, 0.717) is 29.9 Å². The minimum absolute atomic E-state index is 0.00307. The molecule has 1 amide bonds. The van der Waals surface area contributed by atoms with Crippen LogP contribution in [0.15, 0.2) is 49.2 Å². The van der Waals surface area contributed by atoms with E-state index in [1.807, 2.05) is 18.3 Å². The van der Waals surface area contributed by atoms with Crippen molar-refractivity contribution in [3.63, 3.8) is 0 Å². The molecule has 0 aromatic carbocycles. The molecule has 0 bridgehead atoms. The van der Waals surface area contributed by atoms with E-state index in [9.17, 15) is 14.9 Å². The minimum Gasteiger partial charge on any atom is -0.465 e. The summed E-state index contributed by atoms with van der Waals surface area (Å²) < 4.78 is 8.17. The van der Waals surface area contributed by atoms with E-state index in [1.54, 1.807) is 36.1 Å². The van der Waals surface area contributed by atoms with E-state index in [0.717, 1.165) is 23.4 Å². The number of nitrogens with zero attached hydrogens (tertiary/aromatic N) is 6. The molecule has 12 heteroatoms. The van der Waals surface area contributed by atoms with Crippen LogP contribution in [0.4, 0.5) is 5.69 Å². The summed E-state index contributed by atoms with van der Waals surface area (Å²) >= 11 is 0. The second-order valence-electron chi connectivity index (χ2n) is 9.26. The maximum atomic E-state index is 12.5. The van der Waals surface area contributed by atoms with Gasteiger partial charge in [-0.2, -0.15) is 15.5 Å². The average Bonchev–Trinajstić information content (AvgIpc) is 3.63. The Morgan fingerprint density at radius 1 is 1.26 bits per heavy atom. The molecule has 2 atom stereocenters. The number of esters is 1. The quantitative estimate of drug-likeness (QED) is 0.297. The molecule has 4 N–H and O–H groups in total. The smallest absolute Gasteiger partial charge is 0.327 e. The van der Waals surface area contributed by atoms with E-state index in [4.69, 9.17) is 10.5 Å². The second kappa shape index (κ2) is 9.95. The van der Waals surface area contributed by atoms with Gasteiger partial charge in [0, 0.05) is 42.8 Å². The summed E-state index contributed by atoms with van der Waals surface area (Å²) in [5, 5.41) is 24.9. The van der Waals surface area contributed by atoms with Crippen molar-refractivity contribution in [1.82, 2.24) is 29.7 Å². The van der Waals surface area contributed by atoms with Crippen LogP contribution in [0.1, 0.15) is 35.5 Å². The van der Waals surface area contributed by atoms with Crippen molar-refractivity contribution >= 4 is 23.1 Å². The largest absolute Gasteiger partial charge is 0.465 e. The maximum Gasteiger partial charge on any atom is 0.327 e. The molecule has 5 rings (SSSR count). The molecule has 5 heterocycles. The van der Waals surface area contributed by atoms with Crippen LogP contribution < -0.4 is 16.4 Å². The number of aromatic nitrogens is 5. The highest BCUT2D eigenvalue weighted by atomic mass is 16.5. The van der Waals surface area contributed by atoms with Crippen LogP contribution in [0.3, 0.4) is 0 Å². The van der Waals surface area contributed by atoms with Gasteiger partial charge in [-0.25, -0.2) is 4.52 Å². The predicted molar refractivity (Wildman–Crippen MR) is 138 cm³/mol. The SMILES string of the molecule is CCOC(=O)Cn1cc(-c2cc3c(N[C@]4(c5ccc(C#N)cn5)CNC[C@@H]4C)c(C(N)=O)cnn3c2)cn1. The molecular weight excluding hydrogens is 486 g/mol. The van der Waals surface area contributed by atoms with Crippen LogP contribution in [-0.2, 0) is 21.6 Å². The van der Waals surface area contributed by atoms with Gasteiger partial charge in [-0.15, -0.1) is 0 Å². The molecule has 0 saturated carbocycles. The summed E-state index contributed by atoms with van der Waals surface area (Å²) in [5.74, 6) is -0.897. The van der Waals surface area contributed by atoms with Gasteiger partial charge in [-0.3, -0.25) is 19.3 Å². The highest BCUT2D eigenvalue weighted by molar-refractivity contribution is 6.02. The number of nitrogens with two attached hydrogens (primary N) is 1. The predicted octanol–water partition coefficient (Wildman–Crippen LogP) is 1.67. The van der Waals surface area contributed by atoms with Crippen molar-refractivity contribution in [2.24, 2.45) is 11.7 Å². The standard InChI is InChI=1S/C26H27N9O3/c1-3-38-23(36)14-34-12-19(10-31-34)18-6-21-24(20(25(28)37)11-32-35(21)13-18)33-26(15-29-8-16(26)2)22-5-4-17(7-27)9-30-22/h4-6,9-13,16,29,33H,3,8,14-15H2,1-2H3,(H2,28,37)/t16-,26+/m0/s1. The molecule has 194 valence electrons. The lowest BCUT2D eigenvalue weighted by Gasteiger charge is -2.35.